The Labute approximate surface area is 192 Å². The molecule has 33 heavy (non-hydrogen) atoms. The van der Waals surface area contributed by atoms with Crippen molar-refractivity contribution in [1.82, 2.24) is 15.1 Å². The fraction of sp³-hybridized carbons (Fsp3) is 0.280. The topological polar surface area (TPSA) is 120 Å². The minimum absolute atomic E-state index is 0.0518. The van der Waals surface area contributed by atoms with Gasteiger partial charge in [0, 0.05) is 37.1 Å². The number of nitrogens with zero attached hydrogens (tertiary/aromatic N) is 3. The van der Waals surface area contributed by atoms with E-state index in [0.717, 1.165) is 41.8 Å². The van der Waals surface area contributed by atoms with Gasteiger partial charge in [0.2, 0.25) is 0 Å². The average molecular weight is 444 g/mol. The first kappa shape index (κ1) is 22.1. The molecule has 4 rings (SSSR count). The molecule has 0 spiro atoms. The normalized spacial score (nSPS) is 13.8. The Balaban J connectivity index is 1.25. The second kappa shape index (κ2) is 10.5. The van der Waals surface area contributed by atoms with Gasteiger partial charge in [-0.25, -0.2) is 0 Å². The summed E-state index contributed by atoms with van der Waals surface area (Å²) in [6.45, 7) is 2.16. The number of likely N-dealkylation sites (tertiary alicyclic amines) is 1. The molecule has 3 aromatic rings. The molecule has 0 atom stereocenters. The number of hydrogen-bond donors (Lipinski definition) is 3. The monoisotopic (exact) mass is 443 g/mol. The van der Waals surface area contributed by atoms with Crippen molar-refractivity contribution in [2.75, 3.05) is 31.6 Å². The zero-order valence-corrected chi connectivity index (χ0v) is 18.3. The number of rotatable bonds is 8. The number of aromatic nitrogens is 2. The van der Waals surface area contributed by atoms with Gasteiger partial charge < -0.3 is 15.0 Å². The molecular formula is C25H27N6O2+. The summed E-state index contributed by atoms with van der Waals surface area (Å²) >= 11 is 0. The number of ether oxygens (including phenoxy) is 1. The van der Waals surface area contributed by atoms with Crippen molar-refractivity contribution in [2.24, 2.45) is 5.92 Å². The number of para-hydroxylation sites is 1. The van der Waals surface area contributed by atoms with Crippen LogP contribution in [-0.2, 0) is 4.79 Å². The Morgan fingerprint density at radius 1 is 1.27 bits per heavy atom. The number of anilines is 1. The van der Waals surface area contributed by atoms with E-state index in [9.17, 15) is 4.79 Å². The van der Waals surface area contributed by atoms with Crippen LogP contribution < -0.4 is 15.5 Å². The molecule has 2 aromatic carbocycles. The number of carbonyl (C=O) groups excluding carboxylic acids is 1. The van der Waals surface area contributed by atoms with Crippen LogP contribution in [-0.4, -0.2) is 53.5 Å². The SMILES string of the molecule is N#Cc1ccccc1OCC(=O)N1CCC(CNc2ccc(-c3cn[nH]c3)cc2C=[NH2+])CC1. The summed E-state index contributed by atoms with van der Waals surface area (Å²) in [5.74, 6) is 0.858. The van der Waals surface area contributed by atoms with Crippen LogP contribution in [0.2, 0.25) is 0 Å². The van der Waals surface area contributed by atoms with Crippen LogP contribution >= 0.6 is 0 Å². The summed E-state index contributed by atoms with van der Waals surface area (Å²) in [5.41, 5.74) is 4.44. The van der Waals surface area contributed by atoms with E-state index >= 15 is 0 Å². The average Bonchev–Trinajstić information content (AvgIpc) is 3.41. The lowest BCUT2D eigenvalue weighted by Crippen LogP contribution is -2.42. The molecule has 8 nitrogen and oxygen atoms in total. The maximum atomic E-state index is 12.5. The minimum Gasteiger partial charge on any atom is -0.482 e. The van der Waals surface area contributed by atoms with E-state index in [1.165, 1.54) is 0 Å². The molecule has 1 aliphatic heterocycles. The van der Waals surface area contributed by atoms with E-state index < -0.39 is 0 Å². The highest BCUT2D eigenvalue weighted by molar-refractivity contribution is 5.87. The highest BCUT2D eigenvalue weighted by Gasteiger charge is 2.23. The standard InChI is InChI=1S/C25H26N6O2/c26-12-20-3-1-2-4-24(20)33-17-25(32)31-9-7-18(8-10-31)14-28-23-6-5-19(11-21(23)13-27)22-15-29-30-16-22/h1-6,11,13,15-16,18,27-28H,7-10,14,17H2,(H,29,30)/p+1. The first-order valence-corrected chi connectivity index (χ1v) is 11.0. The molecule has 0 saturated carbocycles. The van der Waals surface area contributed by atoms with Crippen LogP contribution in [0.3, 0.4) is 0 Å². The Kier molecular flexibility index (Phi) is 7.00. The van der Waals surface area contributed by atoms with Gasteiger partial charge in [0.15, 0.2) is 12.8 Å². The van der Waals surface area contributed by atoms with E-state index in [1.54, 1.807) is 36.7 Å². The van der Waals surface area contributed by atoms with E-state index in [4.69, 9.17) is 15.4 Å². The Hall–Kier alpha value is -4.12. The summed E-state index contributed by atoms with van der Waals surface area (Å²) in [7, 11) is 0. The minimum atomic E-state index is -0.0552. The Morgan fingerprint density at radius 3 is 2.82 bits per heavy atom. The number of aromatic amines is 1. The third kappa shape index (κ3) is 5.39. The van der Waals surface area contributed by atoms with Crippen LogP contribution in [0.15, 0.2) is 54.9 Å². The molecule has 1 aromatic heterocycles. The largest absolute Gasteiger partial charge is 0.482 e. The number of amides is 1. The number of nitrogens with two attached hydrogens (primary N) is 1. The zero-order chi connectivity index (χ0) is 23.0. The van der Waals surface area contributed by atoms with Gasteiger partial charge in [-0.1, -0.05) is 18.2 Å². The van der Waals surface area contributed by atoms with Crippen molar-refractivity contribution in [1.29, 1.82) is 5.26 Å². The molecule has 1 fully saturated rings. The first-order chi connectivity index (χ1) is 16.2. The highest BCUT2D eigenvalue weighted by atomic mass is 16.5. The maximum absolute atomic E-state index is 12.5. The van der Waals surface area contributed by atoms with Crippen LogP contribution in [0.5, 0.6) is 5.75 Å². The summed E-state index contributed by atoms with van der Waals surface area (Å²) in [5, 5.41) is 25.3. The Morgan fingerprint density at radius 2 is 2.09 bits per heavy atom. The van der Waals surface area contributed by atoms with Crippen molar-refractivity contribution in [2.45, 2.75) is 12.8 Å². The van der Waals surface area contributed by atoms with Crippen LogP contribution in [0.25, 0.3) is 11.1 Å². The second-order valence-corrected chi connectivity index (χ2v) is 8.06. The maximum Gasteiger partial charge on any atom is 0.260 e. The molecule has 0 unspecified atom stereocenters. The number of carbonyl (C=O) groups is 1. The fourth-order valence-corrected chi connectivity index (χ4v) is 4.01. The molecule has 2 heterocycles. The molecule has 1 amide bonds. The van der Waals surface area contributed by atoms with Crippen LogP contribution in [0, 0.1) is 17.2 Å². The molecule has 1 aliphatic rings. The second-order valence-electron chi connectivity index (χ2n) is 8.06. The summed E-state index contributed by atoms with van der Waals surface area (Å²) in [4.78, 5) is 14.4. The lowest BCUT2D eigenvalue weighted by molar-refractivity contribution is -0.134. The predicted molar refractivity (Wildman–Crippen MR) is 126 cm³/mol. The molecule has 4 N–H and O–H groups in total. The van der Waals surface area contributed by atoms with E-state index in [0.29, 0.717) is 30.3 Å². The highest BCUT2D eigenvalue weighted by Crippen LogP contribution is 2.25. The van der Waals surface area contributed by atoms with E-state index in [-0.39, 0.29) is 12.5 Å². The summed E-state index contributed by atoms with van der Waals surface area (Å²) in [6, 6.07) is 15.2. The molecular weight excluding hydrogens is 416 g/mol. The number of hydrogen-bond acceptors (Lipinski definition) is 5. The van der Waals surface area contributed by atoms with Gasteiger partial charge in [-0.2, -0.15) is 10.4 Å². The van der Waals surface area contributed by atoms with Crippen LogP contribution in [0.4, 0.5) is 5.69 Å². The van der Waals surface area contributed by atoms with Crippen molar-refractivity contribution >= 4 is 17.8 Å². The Bertz CT molecular complexity index is 1140. The van der Waals surface area contributed by atoms with Crippen molar-refractivity contribution in [3.8, 4) is 22.9 Å². The van der Waals surface area contributed by atoms with Gasteiger partial charge >= 0.3 is 0 Å². The predicted octanol–water partition coefficient (Wildman–Crippen LogP) is 1.86. The van der Waals surface area contributed by atoms with Crippen LogP contribution in [0.1, 0.15) is 24.0 Å². The van der Waals surface area contributed by atoms with Crippen molar-refractivity contribution < 1.29 is 14.9 Å². The number of benzene rings is 2. The zero-order valence-electron chi connectivity index (χ0n) is 18.3. The van der Waals surface area contributed by atoms with E-state index in [1.807, 2.05) is 29.3 Å². The summed E-state index contributed by atoms with van der Waals surface area (Å²) < 4.78 is 5.59. The quantitative estimate of drug-likeness (QED) is 0.459. The fourth-order valence-electron chi connectivity index (χ4n) is 4.01. The number of H-pyrrole nitrogens is 1. The number of nitriles is 1. The van der Waals surface area contributed by atoms with Gasteiger partial charge in [-0.05, 0) is 48.6 Å². The molecule has 168 valence electrons. The molecule has 1 saturated heterocycles. The summed E-state index contributed by atoms with van der Waals surface area (Å²) in [6.07, 6.45) is 7.08. The van der Waals surface area contributed by atoms with Gasteiger partial charge in [0.1, 0.15) is 11.8 Å². The first-order valence-electron chi connectivity index (χ1n) is 11.0. The van der Waals surface area contributed by atoms with Crippen molar-refractivity contribution in [3.63, 3.8) is 0 Å². The van der Waals surface area contributed by atoms with Gasteiger partial charge in [0.25, 0.3) is 5.91 Å². The van der Waals surface area contributed by atoms with Gasteiger partial charge in [-0.15, -0.1) is 0 Å². The smallest absolute Gasteiger partial charge is 0.260 e. The lowest BCUT2D eigenvalue weighted by atomic mass is 9.96. The molecule has 0 aliphatic carbocycles. The number of nitrogens with one attached hydrogen (secondary N) is 2. The van der Waals surface area contributed by atoms with Gasteiger partial charge in [-0.3, -0.25) is 15.3 Å². The van der Waals surface area contributed by atoms with Gasteiger partial charge in [0.05, 0.1) is 17.3 Å². The third-order valence-electron chi connectivity index (χ3n) is 5.97. The van der Waals surface area contributed by atoms with E-state index in [2.05, 4.69) is 21.6 Å². The molecule has 8 heteroatoms. The molecule has 0 bridgehead atoms. The van der Waals surface area contributed by atoms with Crippen molar-refractivity contribution in [3.05, 3.63) is 66.0 Å². The number of piperidine rings is 1. The third-order valence-corrected chi connectivity index (χ3v) is 5.97. The lowest BCUT2D eigenvalue weighted by Gasteiger charge is -2.32. The molecule has 0 radical (unpaired) electrons.